The van der Waals surface area contributed by atoms with E-state index in [1.54, 1.807) is 26.4 Å². The van der Waals surface area contributed by atoms with Gasteiger partial charge >= 0.3 is 0 Å². The van der Waals surface area contributed by atoms with Crippen molar-refractivity contribution >= 4 is 5.69 Å². The van der Waals surface area contributed by atoms with Crippen molar-refractivity contribution in [1.82, 2.24) is 0 Å². The second-order valence-corrected chi connectivity index (χ2v) is 4.97. The largest absolute Gasteiger partial charge is 0.493 e. The number of hydrogen-bond donors (Lipinski definition) is 1. The fourth-order valence-corrected chi connectivity index (χ4v) is 2.24. The van der Waals surface area contributed by atoms with Crippen LogP contribution in [0.25, 0.3) is 0 Å². The Morgan fingerprint density at radius 3 is 2.00 bits per heavy atom. The molecule has 2 atom stereocenters. The summed E-state index contributed by atoms with van der Waals surface area (Å²) in [6.07, 6.45) is 4.42. The average molecular weight is 251 g/mol. The van der Waals surface area contributed by atoms with E-state index < -0.39 is 0 Å². The van der Waals surface area contributed by atoms with E-state index in [0.29, 0.717) is 17.2 Å². The van der Waals surface area contributed by atoms with Crippen molar-refractivity contribution in [1.29, 1.82) is 0 Å². The first-order valence-electron chi connectivity index (χ1n) is 6.56. The summed E-state index contributed by atoms with van der Waals surface area (Å²) in [5.74, 6) is 3.28. The van der Waals surface area contributed by atoms with Gasteiger partial charge in [-0.15, -0.1) is 0 Å². The van der Waals surface area contributed by atoms with E-state index in [1.165, 1.54) is 19.3 Å². The predicted molar refractivity (Wildman–Crippen MR) is 76.1 cm³/mol. The summed E-state index contributed by atoms with van der Waals surface area (Å²) in [6.45, 7) is 4.72. The van der Waals surface area contributed by atoms with Crippen LogP contribution < -0.4 is 15.2 Å². The highest BCUT2D eigenvalue weighted by molar-refractivity contribution is 5.59. The van der Waals surface area contributed by atoms with Crippen LogP contribution in [-0.2, 0) is 0 Å². The van der Waals surface area contributed by atoms with Crippen molar-refractivity contribution in [3.8, 4) is 11.5 Å². The van der Waals surface area contributed by atoms with E-state index in [1.807, 2.05) is 6.07 Å². The molecule has 0 spiro atoms. The van der Waals surface area contributed by atoms with E-state index in [2.05, 4.69) is 13.8 Å². The molecule has 0 heterocycles. The molecular weight excluding hydrogens is 226 g/mol. The van der Waals surface area contributed by atoms with Crippen molar-refractivity contribution in [3.63, 3.8) is 0 Å². The number of para-hydroxylation sites is 1. The Morgan fingerprint density at radius 1 is 1.06 bits per heavy atom. The summed E-state index contributed by atoms with van der Waals surface area (Å²) >= 11 is 0. The molecule has 2 unspecified atom stereocenters. The zero-order valence-electron chi connectivity index (χ0n) is 11.9. The number of nitrogen functional groups attached to an aromatic ring is 1. The number of rotatable bonds is 2. The van der Waals surface area contributed by atoms with Crippen LogP contribution in [0.1, 0.15) is 33.1 Å². The third-order valence-corrected chi connectivity index (χ3v) is 3.72. The SMILES string of the molecule is CC1CCCC1C.COc1cccc(N)c1OC. The first-order chi connectivity index (χ1) is 8.60. The molecule has 0 aliphatic heterocycles. The van der Waals surface area contributed by atoms with Gasteiger partial charge < -0.3 is 15.2 Å². The molecule has 102 valence electrons. The smallest absolute Gasteiger partial charge is 0.183 e. The van der Waals surface area contributed by atoms with Crippen molar-refractivity contribution in [2.24, 2.45) is 11.8 Å². The summed E-state index contributed by atoms with van der Waals surface area (Å²) in [7, 11) is 3.14. The molecule has 0 bridgehead atoms. The van der Waals surface area contributed by atoms with E-state index in [0.717, 1.165) is 11.8 Å². The summed E-state index contributed by atoms with van der Waals surface area (Å²) in [4.78, 5) is 0. The van der Waals surface area contributed by atoms with Crippen LogP contribution in [0.15, 0.2) is 18.2 Å². The standard InChI is InChI=1S/C8H11NO2.C7H14/c1-10-7-5-3-4-6(9)8(7)11-2;1-6-4-3-5-7(6)2/h3-5H,9H2,1-2H3;6-7H,3-5H2,1-2H3. The molecule has 2 rings (SSSR count). The topological polar surface area (TPSA) is 44.5 Å². The predicted octanol–water partition coefficient (Wildman–Crippen LogP) is 3.73. The Balaban J connectivity index is 0.000000199. The molecule has 1 saturated carbocycles. The van der Waals surface area contributed by atoms with Gasteiger partial charge in [-0.25, -0.2) is 0 Å². The van der Waals surface area contributed by atoms with Gasteiger partial charge in [0, 0.05) is 0 Å². The number of anilines is 1. The molecule has 1 aromatic carbocycles. The zero-order valence-corrected chi connectivity index (χ0v) is 11.9. The molecule has 0 radical (unpaired) electrons. The van der Waals surface area contributed by atoms with Gasteiger partial charge in [0.05, 0.1) is 19.9 Å². The maximum absolute atomic E-state index is 5.60. The first kappa shape index (κ1) is 14.7. The van der Waals surface area contributed by atoms with Crippen molar-refractivity contribution in [3.05, 3.63) is 18.2 Å². The average Bonchev–Trinajstić information content (AvgIpc) is 2.74. The third-order valence-electron chi connectivity index (χ3n) is 3.72. The lowest BCUT2D eigenvalue weighted by Crippen LogP contribution is -1.95. The Labute approximate surface area is 110 Å². The van der Waals surface area contributed by atoms with Crippen molar-refractivity contribution < 1.29 is 9.47 Å². The fourth-order valence-electron chi connectivity index (χ4n) is 2.24. The number of methoxy groups -OCH3 is 2. The van der Waals surface area contributed by atoms with Crippen molar-refractivity contribution in [2.75, 3.05) is 20.0 Å². The minimum Gasteiger partial charge on any atom is -0.493 e. The van der Waals surface area contributed by atoms with Gasteiger partial charge in [-0.2, -0.15) is 0 Å². The molecule has 3 heteroatoms. The maximum atomic E-state index is 5.60. The molecule has 1 aliphatic rings. The van der Waals surface area contributed by atoms with Crippen LogP contribution in [-0.4, -0.2) is 14.2 Å². The van der Waals surface area contributed by atoms with E-state index in [4.69, 9.17) is 15.2 Å². The number of nitrogens with two attached hydrogens (primary N) is 1. The lowest BCUT2D eigenvalue weighted by molar-refractivity contribution is 0.356. The van der Waals surface area contributed by atoms with Crippen LogP contribution in [0.2, 0.25) is 0 Å². The lowest BCUT2D eigenvalue weighted by Gasteiger charge is -2.08. The third kappa shape index (κ3) is 3.83. The summed E-state index contributed by atoms with van der Waals surface area (Å²) in [5.41, 5.74) is 6.19. The molecule has 18 heavy (non-hydrogen) atoms. The molecule has 3 nitrogen and oxygen atoms in total. The zero-order chi connectivity index (χ0) is 13.5. The summed E-state index contributed by atoms with van der Waals surface area (Å²) < 4.78 is 10.0. The molecule has 2 N–H and O–H groups in total. The van der Waals surface area contributed by atoms with Gasteiger partial charge in [0.25, 0.3) is 0 Å². The highest BCUT2D eigenvalue weighted by Gasteiger charge is 2.17. The fraction of sp³-hybridized carbons (Fsp3) is 0.600. The van der Waals surface area contributed by atoms with Gasteiger partial charge in [0.1, 0.15) is 0 Å². The Bertz CT molecular complexity index is 358. The molecule has 1 fully saturated rings. The molecule has 0 saturated heterocycles. The Morgan fingerprint density at radius 2 is 1.67 bits per heavy atom. The van der Waals surface area contributed by atoms with E-state index in [-0.39, 0.29) is 0 Å². The monoisotopic (exact) mass is 251 g/mol. The lowest BCUT2D eigenvalue weighted by atomic mass is 10.0. The Kier molecular flexibility index (Phi) is 5.83. The van der Waals surface area contributed by atoms with Crippen LogP contribution in [0.3, 0.4) is 0 Å². The minimum absolute atomic E-state index is 0.590. The maximum Gasteiger partial charge on any atom is 0.183 e. The van der Waals surface area contributed by atoms with Gasteiger partial charge in [-0.1, -0.05) is 39.2 Å². The second-order valence-electron chi connectivity index (χ2n) is 4.97. The molecular formula is C15H25NO2. The van der Waals surface area contributed by atoms with Crippen LogP contribution in [0.4, 0.5) is 5.69 Å². The van der Waals surface area contributed by atoms with Gasteiger partial charge in [0.2, 0.25) is 0 Å². The number of hydrogen-bond acceptors (Lipinski definition) is 3. The Hall–Kier alpha value is -1.38. The molecule has 0 aromatic heterocycles. The first-order valence-corrected chi connectivity index (χ1v) is 6.56. The van der Waals surface area contributed by atoms with Crippen LogP contribution in [0, 0.1) is 11.8 Å². The number of ether oxygens (including phenoxy) is 2. The highest BCUT2D eigenvalue weighted by Crippen LogP contribution is 2.32. The molecule has 0 amide bonds. The normalized spacial score (nSPS) is 22.0. The van der Waals surface area contributed by atoms with Crippen LogP contribution in [0.5, 0.6) is 11.5 Å². The number of benzene rings is 1. The quantitative estimate of drug-likeness (QED) is 0.815. The van der Waals surface area contributed by atoms with Gasteiger partial charge in [-0.3, -0.25) is 0 Å². The highest BCUT2D eigenvalue weighted by atomic mass is 16.5. The summed E-state index contributed by atoms with van der Waals surface area (Å²) in [6, 6.07) is 5.38. The molecule has 1 aliphatic carbocycles. The minimum atomic E-state index is 0.590. The van der Waals surface area contributed by atoms with Crippen molar-refractivity contribution in [2.45, 2.75) is 33.1 Å². The van der Waals surface area contributed by atoms with Gasteiger partial charge in [0.15, 0.2) is 11.5 Å². The van der Waals surface area contributed by atoms with Gasteiger partial charge in [-0.05, 0) is 24.0 Å². The molecule has 1 aromatic rings. The van der Waals surface area contributed by atoms with Crippen LogP contribution >= 0.6 is 0 Å². The second kappa shape index (κ2) is 7.14. The van der Waals surface area contributed by atoms with E-state index >= 15 is 0 Å². The summed E-state index contributed by atoms with van der Waals surface area (Å²) in [5, 5.41) is 0. The van der Waals surface area contributed by atoms with E-state index in [9.17, 15) is 0 Å².